The minimum Gasteiger partial charge on any atom is -0.394 e. The molecule has 0 radical (unpaired) electrons. The molecule has 2 fully saturated rings. The maximum absolute atomic E-state index is 14.8. The molecule has 2 aliphatic heterocycles. The average molecular weight is 1020 g/mol. The van der Waals surface area contributed by atoms with E-state index in [2.05, 4.69) is 42.5 Å². The lowest BCUT2D eigenvalue weighted by Gasteiger charge is -2.43. The number of hydrogen-bond donors (Lipinski definition) is 16. The van der Waals surface area contributed by atoms with Crippen molar-refractivity contribution in [2.24, 2.45) is 11.7 Å². The number of primary amides is 1. The Labute approximate surface area is 409 Å². The van der Waals surface area contributed by atoms with E-state index >= 15 is 0 Å². The molecule has 0 aromatic heterocycles. The zero-order valence-corrected chi connectivity index (χ0v) is 40.8. The largest absolute Gasteiger partial charge is 0.394 e. The number of carbonyl (C=O) groups excluding carboxylic acids is 10. The number of aliphatic hydroxyl groups is 7. The van der Waals surface area contributed by atoms with Gasteiger partial charge in [0.2, 0.25) is 59.1 Å². The predicted molar refractivity (Wildman–Crippen MR) is 242 cm³/mol. The van der Waals surface area contributed by atoms with Crippen LogP contribution in [-0.4, -0.2) is 223 Å². The molecule has 0 aromatic rings. The van der Waals surface area contributed by atoms with Crippen molar-refractivity contribution in [3.8, 4) is 0 Å². The first kappa shape index (κ1) is 61.5. The van der Waals surface area contributed by atoms with Crippen molar-refractivity contribution in [2.45, 2.75) is 172 Å². The third-order valence-electron chi connectivity index (χ3n) is 11.8. The van der Waals surface area contributed by atoms with Gasteiger partial charge in [0, 0.05) is 20.4 Å². The molecule has 0 bridgehead atoms. The topological polar surface area (TPSA) is 456 Å². The van der Waals surface area contributed by atoms with Crippen LogP contribution in [0, 0.1) is 5.92 Å². The van der Waals surface area contributed by atoms with Crippen molar-refractivity contribution < 1.29 is 93.2 Å². The van der Waals surface area contributed by atoms with Crippen LogP contribution in [0.15, 0.2) is 0 Å². The highest BCUT2D eigenvalue weighted by molar-refractivity contribution is 5.98. The molecule has 29 nitrogen and oxygen atoms in total. The van der Waals surface area contributed by atoms with Crippen molar-refractivity contribution >= 4 is 59.1 Å². The van der Waals surface area contributed by atoms with Gasteiger partial charge in [-0.2, -0.15) is 0 Å². The summed E-state index contributed by atoms with van der Waals surface area (Å²) in [7, 11) is 0. The van der Waals surface area contributed by atoms with Gasteiger partial charge < -0.3 is 98.4 Å². The van der Waals surface area contributed by atoms with Gasteiger partial charge in [-0.05, 0) is 46.5 Å². The smallest absolute Gasteiger partial charge is 0.248 e. The number of carbonyl (C=O) groups is 10. The van der Waals surface area contributed by atoms with Gasteiger partial charge in [-0.1, -0.05) is 20.3 Å². The molecule has 71 heavy (non-hydrogen) atoms. The Bertz CT molecular complexity index is 1890. The lowest BCUT2D eigenvalue weighted by atomic mass is 9.96. The summed E-state index contributed by atoms with van der Waals surface area (Å²) < 4.78 is 11.7. The summed E-state index contributed by atoms with van der Waals surface area (Å²) in [5.41, 5.74) is 5.25. The van der Waals surface area contributed by atoms with Crippen molar-refractivity contribution in [3.63, 3.8) is 0 Å². The Hall–Kier alpha value is -5.66. The van der Waals surface area contributed by atoms with E-state index in [1.165, 1.54) is 13.8 Å². The van der Waals surface area contributed by atoms with Crippen LogP contribution >= 0.6 is 0 Å². The SMILES string of the molecule is CC[C@H](C)[C@H](NC(=O)[C@@H]1CCCN1C(=O)[C@@H](NC(=O)[C@@H](NC(=O)[C@@H](NC(=O)CNC(C)=O)[C@@H](C)O)[C@@H](C)O)[C@@H](C)O[C@H]1O[C@H](CO)[C@H](O)[C@H](O)[C@H]1NC(C)=O)C(=O)N[C@@H](CO)C(=O)N[C@H](C(N)=O)[C@@H](C)O. The average Bonchev–Trinajstić information content (AvgIpc) is 3.80. The zero-order chi connectivity index (χ0) is 54.2. The Morgan fingerprint density at radius 3 is 1.73 bits per heavy atom. The molecule has 0 aromatic carbocycles. The van der Waals surface area contributed by atoms with Gasteiger partial charge in [0.05, 0.1) is 44.2 Å². The summed E-state index contributed by atoms with van der Waals surface area (Å²) in [6, 6.07) is -13.2. The van der Waals surface area contributed by atoms with Gasteiger partial charge >= 0.3 is 0 Å². The molecular weight excluding hydrogens is 949 g/mol. The number of rotatable bonds is 26. The van der Waals surface area contributed by atoms with Crippen LogP contribution < -0.4 is 48.3 Å². The molecule has 17 atom stereocenters. The molecule has 2 heterocycles. The third-order valence-corrected chi connectivity index (χ3v) is 11.8. The highest BCUT2D eigenvalue weighted by Crippen LogP contribution is 2.26. The Balaban J connectivity index is 2.57. The van der Waals surface area contributed by atoms with Crippen LogP contribution in [0.3, 0.4) is 0 Å². The molecule has 2 rings (SSSR count). The van der Waals surface area contributed by atoms with E-state index in [4.69, 9.17) is 15.2 Å². The van der Waals surface area contributed by atoms with Crippen LogP contribution in [0.5, 0.6) is 0 Å². The molecule has 0 saturated carbocycles. The van der Waals surface area contributed by atoms with E-state index in [9.17, 15) is 83.7 Å². The van der Waals surface area contributed by atoms with Gasteiger partial charge in [-0.15, -0.1) is 0 Å². The van der Waals surface area contributed by atoms with Crippen LogP contribution in [0.4, 0.5) is 0 Å². The first-order chi connectivity index (χ1) is 33.1. The minimum absolute atomic E-state index is 0.0167. The van der Waals surface area contributed by atoms with Gasteiger partial charge in [0.1, 0.15) is 66.6 Å². The molecule has 10 amide bonds. The number of likely N-dealkylation sites (tertiary alicyclic amines) is 1. The maximum atomic E-state index is 14.8. The van der Waals surface area contributed by atoms with Gasteiger partial charge in [0.15, 0.2) is 6.29 Å². The molecule has 0 unspecified atom stereocenters. The number of nitrogens with two attached hydrogens (primary N) is 1. The van der Waals surface area contributed by atoms with Crippen LogP contribution in [0.2, 0.25) is 0 Å². The number of hydrogen-bond acceptors (Lipinski definition) is 19. The number of nitrogens with zero attached hydrogens (tertiary/aromatic N) is 1. The van der Waals surface area contributed by atoms with Crippen molar-refractivity contribution in [3.05, 3.63) is 0 Å². The molecule has 2 saturated heterocycles. The second-order valence-corrected chi connectivity index (χ2v) is 17.6. The van der Waals surface area contributed by atoms with Crippen molar-refractivity contribution in [2.75, 3.05) is 26.3 Å². The second-order valence-electron chi connectivity index (χ2n) is 17.6. The van der Waals surface area contributed by atoms with E-state index in [0.29, 0.717) is 0 Å². The van der Waals surface area contributed by atoms with E-state index < -0.39 is 182 Å². The third kappa shape index (κ3) is 17.6. The van der Waals surface area contributed by atoms with Crippen LogP contribution in [0.1, 0.15) is 74.7 Å². The Kier molecular flexibility index (Phi) is 24.6. The van der Waals surface area contributed by atoms with Crippen molar-refractivity contribution in [1.82, 2.24) is 47.4 Å². The molecule has 404 valence electrons. The van der Waals surface area contributed by atoms with E-state index in [1.807, 2.05) is 0 Å². The normalized spacial score (nSPS) is 24.6. The summed E-state index contributed by atoms with van der Waals surface area (Å²) >= 11 is 0. The number of aliphatic hydroxyl groups excluding tert-OH is 7. The number of nitrogens with one attached hydrogen (secondary N) is 8. The minimum atomic E-state index is -1.95. The summed E-state index contributed by atoms with van der Waals surface area (Å²) in [5.74, 6) is -10.5. The number of amides is 10. The fourth-order valence-electron chi connectivity index (χ4n) is 7.55. The molecule has 29 heteroatoms. The maximum Gasteiger partial charge on any atom is 0.248 e. The molecule has 2 aliphatic rings. The summed E-state index contributed by atoms with van der Waals surface area (Å²) in [6.45, 7) is 7.47. The zero-order valence-electron chi connectivity index (χ0n) is 40.8. The summed E-state index contributed by atoms with van der Waals surface area (Å²) in [5, 5.41) is 90.8. The van der Waals surface area contributed by atoms with Gasteiger partial charge in [-0.25, -0.2) is 0 Å². The standard InChI is InChI=1S/C42H72N10O19/c1-9-16(2)27(38(66)46-23(14-53)36(64)49-28(17(3)55)35(43)63)48-37(65)24-11-10-12-52(24)41(69)31(20(6)70-42-32(45-22(8)59)34(62)33(61)25(15-54)71-42)51-40(68)30(19(5)57)50-39(67)29(18(4)56)47-26(60)13-44-21(7)58/h16-20,23-25,27-34,42,53-57,61-62H,9-15H2,1-8H3,(H2,43,63)(H,44,58)(H,45,59)(H,46,66)(H,47,60)(H,48,65)(H,49,64)(H,50,67)(H,51,68)/t16-,17+,18+,19+,20+,23-,24-,25+,27-,28-,29-,30-,31-,32+,33-,34+,42-/m0/s1. The van der Waals surface area contributed by atoms with Crippen LogP contribution in [-0.2, 0) is 57.4 Å². The van der Waals surface area contributed by atoms with E-state index in [-0.39, 0.29) is 25.8 Å². The summed E-state index contributed by atoms with van der Waals surface area (Å²) in [6.07, 6.45) is -12.8. The lowest BCUT2D eigenvalue weighted by Crippen LogP contribution is -2.67. The molecular formula is C42H72N10O19. The second kappa shape index (κ2) is 28.4. The Morgan fingerprint density at radius 1 is 0.704 bits per heavy atom. The fourth-order valence-corrected chi connectivity index (χ4v) is 7.55. The highest BCUT2D eigenvalue weighted by Gasteiger charge is 2.49. The van der Waals surface area contributed by atoms with Crippen molar-refractivity contribution in [1.29, 1.82) is 0 Å². The first-order valence-corrected chi connectivity index (χ1v) is 23.0. The van der Waals surface area contributed by atoms with Gasteiger partial charge in [0.25, 0.3) is 0 Å². The molecule has 0 aliphatic carbocycles. The molecule has 0 spiro atoms. The monoisotopic (exact) mass is 1020 g/mol. The van der Waals surface area contributed by atoms with E-state index in [1.54, 1.807) is 13.8 Å². The summed E-state index contributed by atoms with van der Waals surface area (Å²) in [4.78, 5) is 132. The fraction of sp³-hybridized carbons (Fsp3) is 0.762. The van der Waals surface area contributed by atoms with E-state index in [0.717, 1.165) is 32.6 Å². The molecule has 17 N–H and O–H groups in total. The first-order valence-electron chi connectivity index (χ1n) is 23.0. The van der Waals surface area contributed by atoms with Crippen LogP contribution in [0.25, 0.3) is 0 Å². The highest BCUT2D eigenvalue weighted by atomic mass is 16.7. The number of ether oxygens (including phenoxy) is 2. The van der Waals surface area contributed by atoms with Gasteiger partial charge in [-0.3, -0.25) is 47.9 Å². The predicted octanol–water partition coefficient (Wildman–Crippen LogP) is -8.96. The quantitative estimate of drug-likeness (QED) is 0.0383. The lowest BCUT2D eigenvalue weighted by molar-refractivity contribution is -0.281. The Morgan fingerprint density at radius 2 is 1.24 bits per heavy atom.